The molecular formula is C46H27N3. The van der Waals surface area contributed by atoms with Crippen molar-refractivity contribution in [1.29, 1.82) is 5.26 Å². The summed E-state index contributed by atoms with van der Waals surface area (Å²) in [4.78, 5) is 5.36. The standard InChI is InChI=1S/C46H27N3/c47-28-29-17-26-41-40(27-29)44-35(15-8-16-42(44)49(41)34-11-2-1-3-12-34)32-18-20-33(21-19-32)43-38-24-22-30-9-4-6-13-36(30)45(38)48-46-37-14-7-5-10-31(37)23-25-39(43)46/h1-27H. The predicted molar refractivity (Wildman–Crippen MR) is 204 cm³/mol. The second-order valence-corrected chi connectivity index (χ2v) is 12.6. The molecule has 0 saturated carbocycles. The van der Waals surface area contributed by atoms with E-state index in [1.165, 1.54) is 16.3 Å². The first-order valence-corrected chi connectivity index (χ1v) is 16.5. The van der Waals surface area contributed by atoms with Crippen LogP contribution in [0, 0.1) is 11.3 Å². The molecule has 10 aromatic rings. The smallest absolute Gasteiger partial charge is 0.0991 e. The van der Waals surface area contributed by atoms with Crippen LogP contribution in [-0.2, 0) is 0 Å². The summed E-state index contributed by atoms with van der Waals surface area (Å²) in [6.45, 7) is 0. The van der Waals surface area contributed by atoms with Crippen molar-refractivity contribution >= 4 is 65.2 Å². The molecule has 3 heteroatoms. The fourth-order valence-electron chi connectivity index (χ4n) is 7.77. The number of hydrogen-bond acceptors (Lipinski definition) is 2. The summed E-state index contributed by atoms with van der Waals surface area (Å²) in [5.41, 5.74) is 10.6. The summed E-state index contributed by atoms with van der Waals surface area (Å²) in [6, 6.07) is 60.2. The van der Waals surface area contributed by atoms with Gasteiger partial charge in [0.2, 0.25) is 0 Å². The molecule has 0 radical (unpaired) electrons. The molecular weight excluding hydrogens is 595 g/mol. The van der Waals surface area contributed by atoms with Crippen molar-refractivity contribution in [2.24, 2.45) is 0 Å². The van der Waals surface area contributed by atoms with Crippen LogP contribution in [0.2, 0.25) is 0 Å². The highest BCUT2D eigenvalue weighted by Gasteiger charge is 2.18. The van der Waals surface area contributed by atoms with E-state index in [0.29, 0.717) is 5.56 Å². The molecule has 8 aromatic carbocycles. The van der Waals surface area contributed by atoms with Crippen molar-refractivity contribution < 1.29 is 0 Å². The maximum Gasteiger partial charge on any atom is 0.0991 e. The van der Waals surface area contributed by atoms with E-state index in [1.807, 2.05) is 18.2 Å². The van der Waals surface area contributed by atoms with E-state index in [4.69, 9.17) is 4.98 Å². The Labute approximate surface area is 282 Å². The molecule has 0 saturated heterocycles. The average Bonchev–Trinajstić information content (AvgIpc) is 3.51. The molecule has 0 aliphatic rings. The summed E-state index contributed by atoms with van der Waals surface area (Å²) in [5, 5.41) is 19.0. The van der Waals surface area contributed by atoms with E-state index in [0.717, 1.165) is 76.8 Å². The summed E-state index contributed by atoms with van der Waals surface area (Å²) >= 11 is 0. The molecule has 0 atom stereocenters. The highest BCUT2D eigenvalue weighted by atomic mass is 15.0. The second-order valence-electron chi connectivity index (χ2n) is 12.6. The van der Waals surface area contributed by atoms with Crippen molar-refractivity contribution in [2.75, 3.05) is 0 Å². The third-order valence-electron chi connectivity index (χ3n) is 9.98. The normalized spacial score (nSPS) is 11.7. The first-order valence-electron chi connectivity index (χ1n) is 16.5. The van der Waals surface area contributed by atoms with Crippen LogP contribution in [0.15, 0.2) is 164 Å². The zero-order valence-electron chi connectivity index (χ0n) is 26.4. The van der Waals surface area contributed by atoms with Gasteiger partial charge in [0, 0.05) is 43.6 Å². The number of benzene rings is 8. The van der Waals surface area contributed by atoms with E-state index >= 15 is 0 Å². The molecule has 0 aliphatic carbocycles. The van der Waals surface area contributed by atoms with Crippen LogP contribution in [0.4, 0.5) is 0 Å². The van der Waals surface area contributed by atoms with Crippen molar-refractivity contribution in [3.8, 4) is 34.0 Å². The SMILES string of the molecule is N#Cc1ccc2c(c1)c1c(-c3ccc(-c4c5ccc6ccccc6c5nc5c4ccc4ccccc45)cc3)cccc1n2-c1ccccc1. The molecule has 0 aliphatic heterocycles. The van der Waals surface area contributed by atoms with E-state index in [-0.39, 0.29) is 0 Å². The van der Waals surface area contributed by atoms with Gasteiger partial charge in [0.25, 0.3) is 0 Å². The molecule has 2 heterocycles. The van der Waals surface area contributed by atoms with E-state index in [1.54, 1.807) is 0 Å². The lowest BCUT2D eigenvalue weighted by Crippen LogP contribution is -1.93. The second kappa shape index (κ2) is 10.6. The molecule has 10 rings (SSSR count). The third kappa shape index (κ3) is 4.11. The summed E-state index contributed by atoms with van der Waals surface area (Å²) < 4.78 is 2.30. The monoisotopic (exact) mass is 621 g/mol. The first-order chi connectivity index (χ1) is 24.3. The molecule has 3 nitrogen and oxygen atoms in total. The summed E-state index contributed by atoms with van der Waals surface area (Å²) in [6.07, 6.45) is 0. The van der Waals surface area contributed by atoms with Crippen LogP contribution in [0.1, 0.15) is 5.56 Å². The lowest BCUT2D eigenvalue weighted by Gasteiger charge is -2.15. The van der Waals surface area contributed by atoms with Gasteiger partial charge in [-0.2, -0.15) is 5.26 Å². The van der Waals surface area contributed by atoms with Crippen molar-refractivity contribution in [3.05, 3.63) is 169 Å². The van der Waals surface area contributed by atoms with Gasteiger partial charge in [-0.25, -0.2) is 4.98 Å². The summed E-state index contributed by atoms with van der Waals surface area (Å²) in [5.74, 6) is 0. The van der Waals surface area contributed by atoms with Crippen LogP contribution in [0.25, 0.3) is 93.1 Å². The number of hydrogen-bond donors (Lipinski definition) is 0. The lowest BCUT2D eigenvalue weighted by molar-refractivity contribution is 1.18. The number of rotatable bonds is 3. The van der Waals surface area contributed by atoms with Gasteiger partial charge in [-0.05, 0) is 63.9 Å². The van der Waals surface area contributed by atoms with Gasteiger partial charge < -0.3 is 4.57 Å². The molecule has 49 heavy (non-hydrogen) atoms. The third-order valence-corrected chi connectivity index (χ3v) is 9.98. The number of pyridine rings is 1. The maximum atomic E-state index is 9.82. The van der Waals surface area contributed by atoms with Gasteiger partial charge in [-0.1, -0.05) is 127 Å². The van der Waals surface area contributed by atoms with Crippen molar-refractivity contribution in [1.82, 2.24) is 9.55 Å². The zero-order chi connectivity index (χ0) is 32.5. The van der Waals surface area contributed by atoms with E-state index in [2.05, 4.69) is 156 Å². The molecule has 0 amide bonds. The Balaban J connectivity index is 1.23. The van der Waals surface area contributed by atoms with E-state index < -0.39 is 0 Å². The minimum atomic E-state index is 0.654. The quantitative estimate of drug-likeness (QED) is 0.145. The first kappa shape index (κ1) is 27.4. The van der Waals surface area contributed by atoms with Gasteiger partial charge >= 0.3 is 0 Å². The fourth-order valence-corrected chi connectivity index (χ4v) is 7.77. The zero-order valence-corrected chi connectivity index (χ0v) is 26.4. The van der Waals surface area contributed by atoms with Gasteiger partial charge in [-0.15, -0.1) is 0 Å². The summed E-state index contributed by atoms with van der Waals surface area (Å²) in [7, 11) is 0. The van der Waals surface area contributed by atoms with Crippen LogP contribution >= 0.6 is 0 Å². The topological polar surface area (TPSA) is 41.6 Å². The van der Waals surface area contributed by atoms with E-state index in [9.17, 15) is 5.26 Å². The van der Waals surface area contributed by atoms with Crippen LogP contribution in [0.5, 0.6) is 0 Å². The molecule has 2 aromatic heterocycles. The Kier molecular flexibility index (Phi) is 5.94. The number of fused-ring (bicyclic) bond motifs is 9. The number of nitriles is 1. The van der Waals surface area contributed by atoms with Gasteiger partial charge in [0.1, 0.15) is 0 Å². The number of para-hydroxylation sites is 1. The number of aromatic nitrogens is 2. The Morgan fingerprint density at radius 1 is 0.469 bits per heavy atom. The minimum Gasteiger partial charge on any atom is -0.309 e. The molecule has 0 bridgehead atoms. The fraction of sp³-hybridized carbons (Fsp3) is 0. The lowest BCUT2D eigenvalue weighted by atomic mass is 9.91. The largest absolute Gasteiger partial charge is 0.309 e. The van der Waals surface area contributed by atoms with Gasteiger partial charge in [-0.3, -0.25) is 0 Å². The van der Waals surface area contributed by atoms with Crippen molar-refractivity contribution in [3.63, 3.8) is 0 Å². The molecule has 226 valence electrons. The molecule has 0 fully saturated rings. The van der Waals surface area contributed by atoms with Crippen molar-refractivity contribution in [2.45, 2.75) is 0 Å². The minimum absolute atomic E-state index is 0.654. The van der Waals surface area contributed by atoms with Crippen LogP contribution in [-0.4, -0.2) is 9.55 Å². The Bertz CT molecular complexity index is 2890. The number of nitrogens with zero attached hydrogens (tertiary/aromatic N) is 3. The van der Waals surface area contributed by atoms with Gasteiger partial charge in [0.05, 0.1) is 33.7 Å². The Morgan fingerprint density at radius 2 is 1.10 bits per heavy atom. The average molecular weight is 622 g/mol. The Morgan fingerprint density at radius 3 is 1.78 bits per heavy atom. The highest BCUT2D eigenvalue weighted by Crippen LogP contribution is 2.42. The Hall–Kier alpha value is -6.76. The maximum absolute atomic E-state index is 9.82. The predicted octanol–water partition coefficient (Wildman–Crippen LogP) is 12.0. The van der Waals surface area contributed by atoms with Crippen LogP contribution in [0.3, 0.4) is 0 Å². The van der Waals surface area contributed by atoms with Gasteiger partial charge in [0.15, 0.2) is 0 Å². The van der Waals surface area contributed by atoms with Crippen LogP contribution < -0.4 is 0 Å². The molecule has 0 spiro atoms. The molecule has 0 unspecified atom stereocenters. The molecule has 0 N–H and O–H groups in total. The highest BCUT2D eigenvalue weighted by molar-refractivity contribution is 6.21.